The van der Waals surface area contributed by atoms with Gasteiger partial charge in [0.2, 0.25) is 0 Å². The Bertz CT molecular complexity index is 617. The predicted octanol–water partition coefficient (Wildman–Crippen LogP) is 2.40. The summed E-state index contributed by atoms with van der Waals surface area (Å²) in [6.45, 7) is 6.91. The van der Waals surface area contributed by atoms with Crippen molar-refractivity contribution in [1.82, 2.24) is 14.8 Å². The van der Waals surface area contributed by atoms with E-state index in [0.717, 1.165) is 51.6 Å². The third kappa shape index (κ3) is 3.86. The fourth-order valence-electron chi connectivity index (χ4n) is 3.84. The van der Waals surface area contributed by atoms with Crippen LogP contribution in [0.4, 0.5) is 0 Å². The summed E-state index contributed by atoms with van der Waals surface area (Å²) < 4.78 is 11.7. The standard InChI is InChI=1S/C19H25N3O2/c1-3-16(11-20-6-1)12-22-8-10-24-19-15-21(7-5-17(19)13-22)14-18-4-2-9-23-18/h1-4,6,9,11,17,19H,5,7-8,10,12-15H2/t17-,19-/m0/s1. The third-order valence-electron chi connectivity index (χ3n) is 5.10. The van der Waals surface area contributed by atoms with Crippen molar-refractivity contribution in [3.63, 3.8) is 0 Å². The van der Waals surface area contributed by atoms with E-state index in [1.807, 2.05) is 24.5 Å². The monoisotopic (exact) mass is 327 g/mol. The third-order valence-corrected chi connectivity index (χ3v) is 5.10. The molecular formula is C19H25N3O2. The number of hydrogen-bond donors (Lipinski definition) is 0. The molecule has 0 aliphatic carbocycles. The number of hydrogen-bond acceptors (Lipinski definition) is 5. The fourth-order valence-corrected chi connectivity index (χ4v) is 3.84. The molecular weight excluding hydrogens is 302 g/mol. The lowest BCUT2D eigenvalue weighted by Gasteiger charge is -2.37. The van der Waals surface area contributed by atoms with E-state index >= 15 is 0 Å². The van der Waals surface area contributed by atoms with Crippen molar-refractivity contribution < 1.29 is 9.15 Å². The van der Waals surface area contributed by atoms with Crippen LogP contribution in [0.5, 0.6) is 0 Å². The lowest BCUT2D eigenvalue weighted by molar-refractivity contribution is -0.0256. The summed E-state index contributed by atoms with van der Waals surface area (Å²) in [5.41, 5.74) is 1.28. The summed E-state index contributed by atoms with van der Waals surface area (Å²) >= 11 is 0. The van der Waals surface area contributed by atoms with Crippen LogP contribution >= 0.6 is 0 Å². The fraction of sp³-hybridized carbons (Fsp3) is 0.526. The molecule has 2 aromatic rings. The number of likely N-dealkylation sites (tertiary alicyclic amines) is 1. The first-order chi connectivity index (χ1) is 11.9. The van der Waals surface area contributed by atoms with Crippen LogP contribution in [0.25, 0.3) is 0 Å². The van der Waals surface area contributed by atoms with Crippen LogP contribution in [0.3, 0.4) is 0 Å². The van der Waals surface area contributed by atoms with Crippen LogP contribution < -0.4 is 0 Å². The van der Waals surface area contributed by atoms with Crippen molar-refractivity contribution in [3.05, 3.63) is 54.2 Å². The number of piperidine rings is 1. The Morgan fingerprint density at radius 3 is 2.88 bits per heavy atom. The Hall–Kier alpha value is -1.69. The normalized spacial score (nSPS) is 26.0. The van der Waals surface area contributed by atoms with Crippen LogP contribution in [0.2, 0.25) is 0 Å². The second-order valence-electron chi connectivity index (χ2n) is 6.87. The highest BCUT2D eigenvalue weighted by Crippen LogP contribution is 2.25. The van der Waals surface area contributed by atoms with E-state index in [1.165, 1.54) is 12.0 Å². The van der Waals surface area contributed by atoms with Gasteiger partial charge in [-0.2, -0.15) is 0 Å². The molecule has 2 saturated heterocycles. The van der Waals surface area contributed by atoms with Gasteiger partial charge in [0.05, 0.1) is 25.5 Å². The van der Waals surface area contributed by atoms with Gasteiger partial charge in [-0.05, 0) is 36.7 Å². The minimum Gasteiger partial charge on any atom is -0.468 e. The summed E-state index contributed by atoms with van der Waals surface area (Å²) in [7, 11) is 0. The van der Waals surface area contributed by atoms with Gasteiger partial charge in [-0.15, -0.1) is 0 Å². The van der Waals surface area contributed by atoms with E-state index in [-0.39, 0.29) is 0 Å². The number of furan rings is 1. The molecule has 5 nitrogen and oxygen atoms in total. The number of nitrogens with zero attached hydrogens (tertiary/aromatic N) is 3. The molecule has 4 rings (SSSR count). The largest absolute Gasteiger partial charge is 0.468 e. The van der Waals surface area contributed by atoms with Crippen LogP contribution in [-0.2, 0) is 17.8 Å². The molecule has 0 aromatic carbocycles. The van der Waals surface area contributed by atoms with Gasteiger partial charge in [-0.25, -0.2) is 0 Å². The van der Waals surface area contributed by atoms with Crippen LogP contribution in [-0.4, -0.2) is 53.7 Å². The van der Waals surface area contributed by atoms with Crippen LogP contribution in [0.1, 0.15) is 17.7 Å². The molecule has 128 valence electrons. The number of ether oxygens (including phenoxy) is 1. The highest BCUT2D eigenvalue weighted by Gasteiger charge is 2.33. The molecule has 2 atom stereocenters. The Balaban J connectivity index is 1.34. The molecule has 0 saturated carbocycles. The van der Waals surface area contributed by atoms with Crippen LogP contribution in [0.15, 0.2) is 47.3 Å². The maximum Gasteiger partial charge on any atom is 0.117 e. The lowest BCUT2D eigenvalue weighted by atomic mass is 9.93. The Morgan fingerprint density at radius 2 is 2.04 bits per heavy atom. The maximum atomic E-state index is 6.19. The number of fused-ring (bicyclic) bond motifs is 1. The molecule has 2 aromatic heterocycles. The van der Waals surface area contributed by atoms with Crippen LogP contribution in [0, 0.1) is 5.92 Å². The second kappa shape index (κ2) is 7.47. The lowest BCUT2D eigenvalue weighted by Crippen LogP contribution is -2.46. The second-order valence-corrected chi connectivity index (χ2v) is 6.87. The van der Waals surface area contributed by atoms with E-state index in [2.05, 4.69) is 26.9 Å². The van der Waals surface area contributed by atoms with Crippen molar-refractivity contribution in [2.75, 3.05) is 32.8 Å². The summed E-state index contributed by atoms with van der Waals surface area (Å²) in [4.78, 5) is 9.20. The van der Waals surface area contributed by atoms with Gasteiger partial charge in [0.25, 0.3) is 0 Å². The molecule has 5 heteroatoms. The molecule has 24 heavy (non-hydrogen) atoms. The molecule has 0 N–H and O–H groups in total. The highest BCUT2D eigenvalue weighted by molar-refractivity contribution is 5.08. The summed E-state index contributed by atoms with van der Waals surface area (Å²) in [5, 5.41) is 0. The minimum absolute atomic E-state index is 0.340. The number of rotatable bonds is 4. The Kier molecular flexibility index (Phi) is 4.92. The van der Waals surface area contributed by atoms with Gasteiger partial charge in [0.15, 0.2) is 0 Å². The molecule has 0 amide bonds. The predicted molar refractivity (Wildman–Crippen MR) is 91.3 cm³/mol. The molecule has 2 aliphatic heterocycles. The van der Waals surface area contributed by atoms with E-state index in [4.69, 9.17) is 9.15 Å². The SMILES string of the molecule is c1cncc(CN2CCO[C@H]3CN(Cc4ccco4)CC[C@H]3C2)c1. The van der Waals surface area contributed by atoms with Crippen molar-refractivity contribution in [3.8, 4) is 0 Å². The van der Waals surface area contributed by atoms with E-state index in [1.54, 1.807) is 6.26 Å². The van der Waals surface area contributed by atoms with Crippen molar-refractivity contribution in [2.45, 2.75) is 25.6 Å². The Morgan fingerprint density at radius 1 is 1.08 bits per heavy atom. The van der Waals surface area contributed by atoms with Crippen molar-refractivity contribution in [2.24, 2.45) is 5.92 Å². The van der Waals surface area contributed by atoms with E-state index in [9.17, 15) is 0 Å². The zero-order valence-electron chi connectivity index (χ0n) is 14.0. The minimum atomic E-state index is 0.340. The van der Waals surface area contributed by atoms with Gasteiger partial charge in [-0.3, -0.25) is 14.8 Å². The molecule has 4 heterocycles. The van der Waals surface area contributed by atoms with Gasteiger partial charge in [0, 0.05) is 44.5 Å². The zero-order chi connectivity index (χ0) is 16.2. The summed E-state index contributed by atoms with van der Waals surface area (Å²) in [5.74, 6) is 1.66. The first kappa shape index (κ1) is 15.8. The average molecular weight is 327 g/mol. The average Bonchev–Trinajstić information content (AvgIpc) is 3.02. The van der Waals surface area contributed by atoms with Crippen molar-refractivity contribution >= 4 is 0 Å². The molecule has 0 spiro atoms. The molecule has 0 bridgehead atoms. The van der Waals surface area contributed by atoms with Gasteiger partial charge in [-0.1, -0.05) is 6.07 Å². The maximum absolute atomic E-state index is 6.19. The first-order valence-corrected chi connectivity index (χ1v) is 8.84. The highest BCUT2D eigenvalue weighted by atomic mass is 16.5. The van der Waals surface area contributed by atoms with E-state index < -0.39 is 0 Å². The molecule has 2 aliphatic rings. The van der Waals surface area contributed by atoms with E-state index in [0.29, 0.717) is 12.0 Å². The summed E-state index contributed by atoms with van der Waals surface area (Å²) in [6.07, 6.45) is 7.08. The molecule has 0 radical (unpaired) electrons. The van der Waals surface area contributed by atoms with Gasteiger partial charge < -0.3 is 9.15 Å². The van der Waals surface area contributed by atoms with Gasteiger partial charge >= 0.3 is 0 Å². The quantitative estimate of drug-likeness (QED) is 0.862. The molecule has 2 fully saturated rings. The zero-order valence-corrected chi connectivity index (χ0v) is 14.0. The molecule has 0 unspecified atom stereocenters. The number of pyridine rings is 1. The van der Waals surface area contributed by atoms with Gasteiger partial charge in [0.1, 0.15) is 5.76 Å². The first-order valence-electron chi connectivity index (χ1n) is 8.84. The number of aromatic nitrogens is 1. The summed E-state index contributed by atoms with van der Waals surface area (Å²) in [6, 6.07) is 8.18. The topological polar surface area (TPSA) is 41.7 Å². The van der Waals surface area contributed by atoms with Crippen molar-refractivity contribution in [1.29, 1.82) is 0 Å². The smallest absolute Gasteiger partial charge is 0.117 e. The Labute approximate surface area is 143 Å².